The summed E-state index contributed by atoms with van der Waals surface area (Å²) in [6.07, 6.45) is 0. The van der Waals surface area contributed by atoms with Crippen molar-refractivity contribution in [2.75, 3.05) is 5.73 Å². The van der Waals surface area contributed by atoms with Crippen LogP contribution in [0.5, 0.6) is 11.8 Å². The molecule has 0 radical (unpaired) electrons. The fourth-order valence-electron chi connectivity index (χ4n) is 1.02. The number of halogens is 2. The van der Waals surface area contributed by atoms with Crippen LogP contribution in [0.25, 0.3) is 0 Å². The molecule has 1 heterocycles. The first-order valence-corrected chi connectivity index (χ1v) is 5.00. The fourth-order valence-corrected chi connectivity index (χ4v) is 1.35. The number of hydrogen-bond donors (Lipinski definition) is 1. The van der Waals surface area contributed by atoms with E-state index in [4.69, 9.17) is 33.7 Å². The lowest BCUT2D eigenvalue weighted by molar-refractivity contribution is 0.441. The van der Waals surface area contributed by atoms with Crippen molar-refractivity contribution in [3.8, 4) is 11.8 Å². The van der Waals surface area contributed by atoms with Crippen LogP contribution in [-0.2, 0) is 0 Å². The number of nitrogens with two attached hydrogens (primary N) is 1. The third-order valence-electron chi connectivity index (χ3n) is 1.64. The summed E-state index contributed by atoms with van der Waals surface area (Å²) in [5.41, 5.74) is 5.39. The number of rotatable bonds is 2. The summed E-state index contributed by atoms with van der Waals surface area (Å²) in [6.45, 7) is 0. The summed E-state index contributed by atoms with van der Waals surface area (Å²) < 4.78 is 5.31. The molecule has 0 spiro atoms. The van der Waals surface area contributed by atoms with E-state index in [1.54, 1.807) is 24.3 Å². The van der Waals surface area contributed by atoms with Crippen molar-refractivity contribution in [1.29, 1.82) is 0 Å². The topological polar surface area (TPSA) is 73.9 Å². The molecule has 82 valence electrons. The summed E-state index contributed by atoms with van der Waals surface area (Å²) >= 11 is 11.5. The van der Waals surface area contributed by atoms with Crippen LogP contribution in [0.2, 0.25) is 10.3 Å². The maximum Gasteiger partial charge on any atom is 0.328 e. The molecule has 1 aromatic heterocycles. The predicted molar refractivity (Wildman–Crippen MR) is 60.8 cm³/mol. The van der Waals surface area contributed by atoms with Crippen LogP contribution in [0.15, 0.2) is 24.3 Å². The Kier molecular flexibility index (Phi) is 3.07. The summed E-state index contributed by atoms with van der Waals surface area (Å²) in [5, 5.41) is 0.409. The maximum atomic E-state index is 5.89. The van der Waals surface area contributed by atoms with Crippen molar-refractivity contribution in [1.82, 2.24) is 15.0 Å². The molecule has 1 aromatic carbocycles. The van der Waals surface area contributed by atoms with Crippen LogP contribution < -0.4 is 10.5 Å². The molecule has 0 saturated heterocycles. The van der Waals surface area contributed by atoms with Gasteiger partial charge in [-0.05, 0) is 23.7 Å². The zero-order chi connectivity index (χ0) is 11.5. The number of nitrogen functional groups attached to an aromatic ring is 1. The first-order valence-electron chi connectivity index (χ1n) is 4.24. The third-order valence-corrected chi connectivity index (χ3v) is 2.12. The number of benzene rings is 1. The Morgan fingerprint density at radius 2 is 1.81 bits per heavy atom. The summed E-state index contributed by atoms with van der Waals surface area (Å²) in [7, 11) is 0. The molecule has 0 saturated carbocycles. The zero-order valence-electron chi connectivity index (χ0n) is 7.89. The summed E-state index contributed by atoms with van der Waals surface area (Å²) in [5.74, 6) is 0.410. The van der Waals surface area contributed by atoms with Crippen LogP contribution in [0.3, 0.4) is 0 Å². The molecule has 2 N–H and O–H groups in total. The first kappa shape index (κ1) is 10.9. The SMILES string of the molecule is Nc1nc(Cl)nc(Oc2ccccc2Cl)n1. The average Bonchev–Trinajstić information content (AvgIpc) is 2.20. The molecular weight excluding hydrogens is 251 g/mol. The molecule has 5 nitrogen and oxygen atoms in total. The molecule has 7 heteroatoms. The molecular formula is C9H6Cl2N4O. The minimum atomic E-state index is -0.0328. The van der Waals surface area contributed by atoms with E-state index in [0.29, 0.717) is 10.8 Å². The Morgan fingerprint density at radius 1 is 1.06 bits per heavy atom. The Bertz CT molecular complexity index is 500. The maximum absolute atomic E-state index is 5.89. The van der Waals surface area contributed by atoms with E-state index < -0.39 is 0 Å². The average molecular weight is 257 g/mol. The minimum Gasteiger partial charge on any atom is -0.423 e. The number of para-hydroxylation sites is 1. The van der Waals surface area contributed by atoms with Crippen molar-refractivity contribution >= 4 is 29.2 Å². The number of hydrogen-bond acceptors (Lipinski definition) is 5. The van der Waals surface area contributed by atoms with E-state index in [1.165, 1.54) is 0 Å². The van der Waals surface area contributed by atoms with Crippen molar-refractivity contribution in [2.45, 2.75) is 0 Å². The summed E-state index contributed by atoms with van der Waals surface area (Å²) in [6, 6.07) is 6.92. The van der Waals surface area contributed by atoms with Gasteiger partial charge in [-0.2, -0.15) is 15.0 Å². The van der Waals surface area contributed by atoms with Gasteiger partial charge in [0.15, 0.2) is 0 Å². The Balaban J connectivity index is 2.30. The van der Waals surface area contributed by atoms with E-state index in [-0.39, 0.29) is 17.2 Å². The fraction of sp³-hybridized carbons (Fsp3) is 0. The van der Waals surface area contributed by atoms with Crippen molar-refractivity contribution in [2.24, 2.45) is 0 Å². The third kappa shape index (κ3) is 2.50. The van der Waals surface area contributed by atoms with Gasteiger partial charge in [0.05, 0.1) is 5.02 Å². The molecule has 2 aromatic rings. The highest BCUT2D eigenvalue weighted by Crippen LogP contribution is 2.27. The molecule has 0 fully saturated rings. The van der Waals surface area contributed by atoms with Gasteiger partial charge in [0.1, 0.15) is 5.75 Å². The second-order valence-corrected chi connectivity index (χ2v) is 3.52. The van der Waals surface area contributed by atoms with E-state index in [1.807, 2.05) is 0 Å². The Hall–Kier alpha value is -1.59. The van der Waals surface area contributed by atoms with Gasteiger partial charge in [-0.25, -0.2) is 0 Å². The smallest absolute Gasteiger partial charge is 0.328 e. The second kappa shape index (κ2) is 4.51. The van der Waals surface area contributed by atoms with Gasteiger partial charge in [0, 0.05) is 0 Å². The number of anilines is 1. The van der Waals surface area contributed by atoms with Gasteiger partial charge in [-0.3, -0.25) is 0 Å². The monoisotopic (exact) mass is 256 g/mol. The first-order chi connectivity index (χ1) is 7.65. The Morgan fingerprint density at radius 3 is 2.50 bits per heavy atom. The van der Waals surface area contributed by atoms with Gasteiger partial charge in [0.2, 0.25) is 11.2 Å². The standard InChI is InChI=1S/C9H6Cl2N4O/c10-5-3-1-2-4-6(5)16-9-14-7(11)13-8(12)15-9/h1-4H,(H2,12,13,14,15). The van der Waals surface area contributed by atoms with Gasteiger partial charge in [0.25, 0.3) is 0 Å². The number of ether oxygens (including phenoxy) is 1. The zero-order valence-corrected chi connectivity index (χ0v) is 9.40. The van der Waals surface area contributed by atoms with Gasteiger partial charge >= 0.3 is 6.01 Å². The molecule has 2 rings (SSSR count). The van der Waals surface area contributed by atoms with Crippen molar-refractivity contribution in [3.63, 3.8) is 0 Å². The van der Waals surface area contributed by atoms with E-state index in [2.05, 4.69) is 15.0 Å². The molecule has 0 aliphatic carbocycles. The highest BCUT2D eigenvalue weighted by atomic mass is 35.5. The van der Waals surface area contributed by atoms with E-state index in [0.717, 1.165) is 0 Å². The highest BCUT2D eigenvalue weighted by Gasteiger charge is 2.07. The normalized spacial score (nSPS) is 10.1. The van der Waals surface area contributed by atoms with Crippen LogP contribution in [0.4, 0.5) is 5.95 Å². The molecule has 0 amide bonds. The second-order valence-electron chi connectivity index (χ2n) is 2.78. The van der Waals surface area contributed by atoms with E-state index >= 15 is 0 Å². The predicted octanol–water partition coefficient (Wildman–Crippen LogP) is 2.55. The molecule has 16 heavy (non-hydrogen) atoms. The lowest BCUT2D eigenvalue weighted by Gasteiger charge is -2.05. The Labute approximate surface area is 101 Å². The lowest BCUT2D eigenvalue weighted by atomic mass is 10.3. The molecule has 0 bridgehead atoms. The van der Waals surface area contributed by atoms with Gasteiger partial charge in [-0.15, -0.1) is 0 Å². The van der Waals surface area contributed by atoms with Crippen LogP contribution in [-0.4, -0.2) is 15.0 Å². The van der Waals surface area contributed by atoms with Gasteiger partial charge < -0.3 is 10.5 Å². The van der Waals surface area contributed by atoms with Gasteiger partial charge in [-0.1, -0.05) is 23.7 Å². The number of nitrogens with zero attached hydrogens (tertiary/aromatic N) is 3. The molecule has 0 atom stereocenters. The quantitative estimate of drug-likeness (QED) is 0.894. The minimum absolute atomic E-state index is 0.00519. The van der Waals surface area contributed by atoms with Crippen molar-refractivity contribution in [3.05, 3.63) is 34.6 Å². The van der Waals surface area contributed by atoms with Crippen LogP contribution in [0.1, 0.15) is 0 Å². The van der Waals surface area contributed by atoms with Crippen molar-refractivity contribution < 1.29 is 4.74 Å². The van der Waals surface area contributed by atoms with E-state index in [9.17, 15) is 0 Å². The molecule has 0 aliphatic rings. The van der Waals surface area contributed by atoms with Crippen LogP contribution >= 0.6 is 23.2 Å². The highest BCUT2D eigenvalue weighted by molar-refractivity contribution is 6.32. The summed E-state index contributed by atoms with van der Waals surface area (Å²) in [4.78, 5) is 11.1. The lowest BCUT2D eigenvalue weighted by Crippen LogP contribution is -2.00. The largest absolute Gasteiger partial charge is 0.423 e. The molecule has 0 unspecified atom stereocenters. The number of aromatic nitrogens is 3. The van der Waals surface area contributed by atoms with Crippen LogP contribution in [0, 0.1) is 0 Å². The molecule has 0 aliphatic heterocycles.